The number of nitrogens with zero attached hydrogens (tertiary/aromatic N) is 1. The van der Waals surface area contributed by atoms with Gasteiger partial charge in [0.05, 0.1) is 12.7 Å². The number of rotatable bonds is 7. The van der Waals surface area contributed by atoms with E-state index in [2.05, 4.69) is 15.6 Å². The molecule has 0 unspecified atom stereocenters. The molecule has 2 amide bonds. The SMILES string of the molecule is COC(=O)[C@@H](Cc1ccc(NC(=O)c2cccc(O)c2)cc1)NC(=O)c1cccnc1. The highest BCUT2D eigenvalue weighted by Gasteiger charge is 2.22. The van der Waals surface area contributed by atoms with E-state index in [1.807, 2.05) is 0 Å². The molecule has 31 heavy (non-hydrogen) atoms. The summed E-state index contributed by atoms with van der Waals surface area (Å²) in [7, 11) is 1.26. The quantitative estimate of drug-likeness (QED) is 0.507. The number of amides is 2. The highest BCUT2D eigenvalue weighted by Crippen LogP contribution is 2.16. The lowest BCUT2D eigenvalue weighted by molar-refractivity contribution is -0.142. The van der Waals surface area contributed by atoms with Gasteiger partial charge in [0.1, 0.15) is 11.8 Å². The Morgan fingerprint density at radius 3 is 2.39 bits per heavy atom. The fraction of sp³-hybridized carbons (Fsp3) is 0.130. The zero-order valence-electron chi connectivity index (χ0n) is 16.7. The van der Waals surface area contributed by atoms with E-state index in [-0.39, 0.29) is 18.1 Å². The van der Waals surface area contributed by atoms with Crippen molar-refractivity contribution in [2.45, 2.75) is 12.5 Å². The van der Waals surface area contributed by atoms with E-state index in [9.17, 15) is 19.5 Å². The molecule has 3 rings (SSSR count). The Kier molecular flexibility index (Phi) is 6.95. The number of aromatic nitrogens is 1. The van der Waals surface area contributed by atoms with Crippen LogP contribution < -0.4 is 10.6 Å². The van der Waals surface area contributed by atoms with Crippen LogP contribution in [-0.2, 0) is 16.0 Å². The number of phenols is 1. The van der Waals surface area contributed by atoms with Gasteiger partial charge in [-0.2, -0.15) is 0 Å². The van der Waals surface area contributed by atoms with Gasteiger partial charge in [-0.25, -0.2) is 4.79 Å². The fourth-order valence-corrected chi connectivity index (χ4v) is 2.88. The zero-order valence-corrected chi connectivity index (χ0v) is 16.7. The summed E-state index contributed by atoms with van der Waals surface area (Å²) in [6.45, 7) is 0. The van der Waals surface area contributed by atoms with Gasteiger partial charge in [0, 0.05) is 30.1 Å². The molecule has 2 aromatic carbocycles. The molecule has 1 heterocycles. The molecule has 0 radical (unpaired) electrons. The van der Waals surface area contributed by atoms with E-state index >= 15 is 0 Å². The second-order valence-electron chi connectivity index (χ2n) is 6.70. The van der Waals surface area contributed by atoms with Gasteiger partial charge in [-0.1, -0.05) is 18.2 Å². The summed E-state index contributed by atoms with van der Waals surface area (Å²) < 4.78 is 4.81. The van der Waals surface area contributed by atoms with Gasteiger partial charge in [-0.15, -0.1) is 0 Å². The minimum Gasteiger partial charge on any atom is -0.508 e. The van der Waals surface area contributed by atoms with Crippen molar-refractivity contribution >= 4 is 23.5 Å². The largest absolute Gasteiger partial charge is 0.508 e. The van der Waals surface area contributed by atoms with Gasteiger partial charge in [0.25, 0.3) is 11.8 Å². The molecule has 158 valence electrons. The van der Waals surface area contributed by atoms with Crippen LogP contribution in [0.4, 0.5) is 5.69 Å². The topological polar surface area (TPSA) is 118 Å². The number of anilines is 1. The molecule has 0 spiro atoms. The highest BCUT2D eigenvalue weighted by atomic mass is 16.5. The van der Waals surface area contributed by atoms with Gasteiger partial charge in [-0.3, -0.25) is 14.6 Å². The van der Waals surface area contributed by atoms with Gasteiger partial charge in [0.2, 0.25) is 0 Å². The predicted molar refractivity (Wildman–Crippen MR) is 114 cm³/mol. The van der Waals surface area contributed by atoms with Crippen LogP contribution in [0.1, 0.15) is 26.3 Å². The third-order valence-corrected chi connectivity index (χ3v) is 4.47. The number of ether oxygens (including phenoxy) is 1. The van der Waals surface area contributed by atoms with Crippen molar-refractivity contribution in [3.63, 3.8) is 0 Å². The average molecular weight is 419 g/mol. The van der Waals surface area contributed by atoms with Crippen LogP contribution in [0.2, 0.25) is 0 Å². The number of carbonyl (C=O) groups is 3. The number of benzene rings is 2. The van der Waals surface area contributed by atoms with Gasteiger partial charge < -0.3 is 20.5 Å². The molecule has 0 aliphatic rings. The molecule has 3 N–H and O–H groups in total. The molecule has 0 aliphatic heterocycles. The van der Waals surface area contributed by atoms with Crippen molar-refractivity contribution in [2.75, 3.05) is 12.4 Å². The first kappa shape index (κ1) is 21.5. The van der Waals surface area contributed by atoms with Gasteiger partial charge >= 0.3 is 5.97 Å². The van der Waals surface area contributed by atoms with Crippen LogP contribution in [0.25, 0.3) is 0 Å². The molecular weight excluding hydrogens is 398 g/mol. The van der Waals surface area contributed by atoms with Crippen molar-refractivity contribution in [3.8, 4) is 5.75 Å². The molecule has 8 heteroatoms. The first-order valence-electron chi connectivity index (χ1n) is 9.44. The number of hydrogen-bond acceptors (Lipinski definition) is 6. The Hall–Kier alpha value is -4.20. The maximum atomic E-state index is 12.4. The Balaban J connectivity index is 1.66. The molecule has 1 atom stereocenters. The zero-order chi connectivity index (χ0) is 22.2. The molecule has 0 aliphatic carbocycles. The Morgan fingerprint density at radius 1 is 1.00 bits per heavy atom. The van der Waals surface area contributed by atoms with E-state index < -0.39 is 17.9 Å². The minimum atomic E-state index is -0.884. The van der Waals surface area contributed by atoms with Gasteiger partial charge in [-0.05, 0) is 48.0 Å². The molecule has 0 bridgehead atoms. The number of hydrogen-bond donors (Lipinski definition) is 3. The van der Waals surface area contributed by atoms with Crippen LogP contribution in [0, 0.1) is 0 Å². The summed E-state index contributed by atoms with van der Waals surface area (Å²) in [5.41, 5.74) is 1.97. The number of phenolic OH excluding ortho intramolecular Hbond substituents is 1. The first-order valence-corrected chi connectivity index (χ1v) is 9.44. The highest BCUT2D eigenvalue weighted by molar-refractivity contribution is 6.04. The molecule has 3 aromatic rings. The monoisotopic (exact) mass is 419 g/mol. The normalized spacial score (nSPS) is 11.3. The van der Waals surface area contributed by atoms with Crippen molar-refractivity contribution in [2.24, 2.45) is 0 Å². The Labute approximate surface area is 178 Å². The third-order valence-electron chi connectivity index (χ3n) is 4.47. The predicted octanol–water partition coefficient (Wildman–Crippen LogP) is 2.55. The van der Waals surface area contributed by atoms with Crippen molar-refractivity contribution in [1.82, 2.24) is 10.3 Å². The number of nitrogens with one attached hydrogen (secondary N) is 2. The summed E-state index contributed by atoms with van der Waals surface area (Å²) in [6, 6.07) is 15.2. The Morgan fingerprint density at radius 2 is 1.74 bits per heavy atom. The van der Waals surface area contributed by atoms with Crippen LogP contribution >= 0.6 is 0 Å². The van der Waals surface area contributed by atoms with Gasteiger partial charge in [0.15, 0.2) is 0 Å². The maximum absolute atomic E-state index is 12.4. The minimum absolute atomic E-state index is 0.00480. The number of pyridine rings is 1. The summed E-state index contributed by atoms with van der Waals surface area (Å²) >= 11 is 0. The lowest BCUT2D eigenvalue weighted by atomic mass is 10.0. The summed E-state index contributed by atoms with van der Waals surface area (Å²) in [6.07, 6.45) is 3.17. The average Bonchev–Trinajstić information content (AvgIpc) is 2.79. The second-order valence-corrected chi connectivity index (χ2v) is 6.70. The van der Waals surface area contributed by atoms with E-state index in [1.54, 1.807) is 54.7 Å². The molecule has 0 saturated heterocycles. The fourth-order valence-electron chi connectivity index (χ4n) is 2.88. The number of carbonyl (C=O) groups excluding carboxylic acids is 3. The molecule has 0 saturated carbocycles. The van der Waals surface area contributed by atoms with Crippen molar-refractivity contribution < 1.29 is 24.2 Å². The number of methoxy groups -OCH3 is 1. The van der Waals surface area contributed by atoms with E-state index in [4.69, 9.17) is 4.74 Å². The summed E-state index contributed by atoms with van der Waals surface area (Å²) in [5, 5.41) is 14.9. The summed E-state index contributed by atoms with van der Waals surface area (Å²) in [4.78, 5) is 40.7. The molecule has 1 aromatic heterocycles. The van der Waals surface area contributed by atoms with E-state index in [0.717, 1.165) is 5.56 Å². The van der Waals surface area contributed by atoms with Crippen LogP contribution in [-0.4, -0.2) is 41.0 Å². The number of esters is 1. The van der Waals surface area contributed by atoms with E-state index in [1.165, 1.54) is 25.4 Å². The van der Waals surface area contributed by atoms with Crippen LogP contribution in [0.15, 0.2) is 73.1 Å². The van der Waals surface area contributed by atoms with Crippen LogP contribution in [0.3, 0.4) is 0 Å². The molecule has 8 nitrogen and oxygen atoms in total. The molecular formula is C23H21N3O5. The lowest BCUT2D eigenvalue weighted by Gasteiger charge is -2.17. The lowest BCUT2D eigenvalue weighted by Crippen LogP contribution is -2.43. The smallest absolute Gasteiger partial charge is 0.328 e. The van der Waals surface area contributed by atoms with Crippen molar-refractivity contribution in [3.05, 3.63) is 89.7 Å². The standard InChI is InChI=1S/C23H21N3O5/c1-31-23(30)20(26-22(29)17-5-3-11-24-14-17)12-15-7-9-18(10-8-15)25-21(28)16-4-2-6-19(27)13-16/h2-11,13-14,20,27H,12H2,1H3,(H,25,28)(H,26,29)/t20-/m1/s1. The van der Waals surface area contributed by atoms with E-state index in [0.29, 0.717) is 16.8 Å². The van der Waals surface area contributed by atoms with Crippen LogP contribution in [0.5, 0.6) is 5.75 Å². The van der Waals surface area contributed by atoms with Crippen molar-refractivity contribution in [1.29, 1.82) is 0 Å². The second kappa shape index (κ2) is 10.0. The molecule has 0 fully saturated rings. The number of aromatic hydroxyl groups is 1. The Bertz CT molecular complexity index is 1070. The maximum Gasteiger partial charge on any atom is 0.328 e. The first-order chi connectivity index (χ1) is 15.0. The third kappa shape index (κ3) is 5.89. The summed E-state index contributed by atoms with van der Waals surface area (Å²) in [5.74, 6) is -1.36.